The molecule has 0 radical (unpaired) electrons. The molecule has 6 rings (SSSR count). The molecule has 2 unspecified atom stereocenters. The first-order chi connectivity index (χ1) is 18.9. The summed E-state index contributed by atoms with van der Waals surface area (Å²) in [7, 11) is -2.23. The Morgan fingerprint density at radius 3 is 1.41 bits per heavy atom. The first-order valence-electron chi connectivity index (χ1n) is 14.7. The number of hydrogen-bond acceptors (Lipinski definition) is 0. The van der Waals surface area contributed by atoms with E-state index in [1.807, 2.05) is 0 Å². The van der Waals surface area contributed by atoms with Gasteiger partial charge in [0.15, 0.2) is 0 Å². The molecule has 0 N–H and O–H groups in total. The minimum absolute atomic E-state index is 0.0663. The molecule has 0 fully saturated rings. The average Bonchev–Trinajstić information content (AvgIpc) is 3.42. The van der Waals surface area contributed by atoms with Gasteiger partial charge in [-0.2, -0.15) is 0 Å². The van der Waals surface area contributed by atoms with E-state index in [-0.39, 0.29) is 10.8 Å². The lowest BCUT2D eigenvalue weighted by molar-refractivity contribution is 0.774. The first-order valence-corrected chi connectivity index (χ1v) is 18.6. The summed E-state index contributed by atoms with van der Waals surface area (Å²) in [4.78, 5) is 0. The van der Waals surface area contributed by atoms with E-state index in [1.165, 1.54) is 80.6 Å². The van der Waals surface area contributed by atoms with Gasteiger partial charge in [-0.3, -0.25) is 0 Å². The maximum Gasteiger partial charge on any atom is 0.113 e. The van der Waals surface area contributed by atoms with Crippen molar-refractivity contribution < 1.29 is 0 Å². The van der Waals surface area contributed by atoms with E-state index in [0.29, 0.717) is 0 Å². The highest BCUT2D eigenvalue weighted by molar-refractivity contribution is 7.09. The molecular weight excluding hydrogens is 531 g/mol. The van der Waals surface area contributed by atoms with Crippen LogP contribution in [0.5, 0.6) is 0 Å². The number of hydrogen-bond donors (Lipinski definition) is 0. The molecule has 200 valence electrons. The van der Waals surface area contributed by atoms with Crippen LogP contribution in [-0.2, 0) is 0 Å². The molecule has 0 amide bonds. The van der Waals surface area contributed by atoms with Crippen LogP contribution in [0.15, 0.2) is 83.9 Å². The maximum absolute atomic E-state index is 7.48. The molecule has 4 aromatic carbocycles. The molecule has 0 bridgehead atoms. The molecule has 4 aromatic rings. The highest BCUT2D eigenvalue weighted by Crippen LogP contribution is 2.58. The number of rotatable bonds is 8. The Labute approximate surface area is 244 Å². The van der Waals surface area contributed by atoms with Crippen LogP contribution in [0.3, 0.4) is 0 Å². The van der Waals surface area contributed by atoms with E-state index in [4.69, 9.17) is 23.2 Å². The van der Waals surface area contributed by atoms with Crippen LogP contribution < -0.4 is 0 Å². The lowest BCUT2D eigenvalue weighted by atomic mass is 9.99. The number of unbranched alkanes of at least 4 members (excludes halogenated alkanes) is 2. The molecular formula is C36H38Cl2Si. The van der Waals surface area contributed by atoms with Crippen LogP contribution in [0.1, 0.15) is 85.4 Å². The Hall–Kier alpha value is -2.32. The Morgan fingerprint density at radius 2 is 1.00 bits per heavy atom. The van der Waals surface area contributed by atoms with Crippen molar-refractivity contribution in [3.63, 3.8) is 0 Å². The topological polar surface area (TPSA) is 0 Å². The van der Waals surface area contributed by atoms with Gasteiger partial charge in [0.25, 0.3) is 0 Å². The SMILES string of the molecule is CCCCC1=C([Si](C)(C)C2=C(CCCC)C(Cl)c3c2ccc2ccccc32)c2ccc3ccccc3c2C1Cl. The zero-order chi connectivity index (χ0) is 27.3. The van der Waals surface area contributed by atoms with E-state index >= 15 is 0 Å². The number of allylic oxidation sites excluding steroid dienone is 2. The summed E-state index contributed by atoms with van der Waals surface area (Å²) in [6.45, 7) is 9.70. The smallest absolute Gasteiger partial charge is 0.113 e. The Bertz CT molecular complexity index is 1520. The molecule has 0 spiro atoms. The summed E-state index contributed by atoms with van der Waals surface area (Å²) < 4.78 is 0. The fourth-order valence-corrected chi connectivity index (χ4v) is 12.6. The second kappa shape index (κ2) is 10.6. The molecule has 0 nitrogen and oxygen atoms in total. The molecule has 2 atom stereocenters. The Balaban J connectivity index is 1.62. The van der Waals surface area contributed by atoms with Crippen LogP contribution in [0.4, 0.5) is 0 Å². The Kier molecular flexibility index (Phi) is 7.29. The van der Waals surface area contributed by atoms with Gasteiger partial charge in [0, 0.05) is 0 Å². The summed E-state index contributed by atoms with van der Waals surface area (Å²) >= 11 is 15.0. The number of halogens is 2. The molecule has 3 heteroatoms. The van der Waals surface area contributed by atoms with Gasteiger partial charge in [-0.05, 0) is 91.0 Å². The third-order valence-corrected chi connectivity index (χ3v) is 13.7. The average molecular weight is 570 g/mol. The van der Waals surface area contributed by atoms with Crippen molar-refractivity contribution in [2.24, 2.45) is 0 Å². The Morgan fingerprint density at radius 1 is 0.590 bits per heavy atom. The summed E-state index contributed by atoms with van der Waals surface area (Å²) in [5.74, 6) is 0. The molecule has 0 heterocycles. The van der Waals surface area contributed by atoms with Crippen molar-refractivity contribution >= 4 is 63.2 Å². The zero-order valence-electron chi connectivity index (χ0n) is 23.6. The van der Waals surface area contributed by atoms with Gasteiger partial charge >= 0.3 is 0 Å². The van der Waals surface area contributed by atoms with Crippen molar-refractivity contribution in [1.29, 1.82) is 0 Å². The van der Waals surface area contributed by atoms with Gasteiger partial charge in [-0.15, -0.1) is 23.2 Å². The van der Waals surface area contributed by atoms with E-state index in [1.54, 1.807) is 10.4 Å². The highest BCUT2D eigenvalue weighted by Gasteiger charge is 2.46. The largest absolute Gasteiger partial charge is 0.113 e. The van der Waals surface area contributed by atoms with Gasteiger partial charge in [-0.1, -0.05) is 113 Å². The zero-order valence-corrected chi connectivity index (χ0v) is 26.1. The summed E-state index contributed by atoms with van der Waals surface area (Å²) in [5, 5.41) is 8.15. The van der Waals surface area contributed by atoms with Crippen molar-refractivity contribution in [3.8, 4) is 0 Å². The van der Waals surface area contributed by atoms with E-state index in [9.17, 15) is 0 Å². The van der Waals surface area contributed by atoms with Crippen molar-refractivity contribution in [2.45, 2.75) is 76.2 Å². The number of fused-ring (bicyclic) bond motifs is 6. The van der Waals surface area contributed by atoms with Crippen molar-refractivity contribution in [1.82, 2.24) is 0 Å². The minimum Gasteiger partial charge on any atom is -0.113 e. The third kappa shape index (κ3) is 4.24. The summed E-state index contributed by atoms with van der Waals surface area (Å²) in [6.07, 6.45) is 6.79. The first kappa shape index (κ1) is 26.9. The van der Waals surface area contributed by atoms with Crippen molar-refractivity contribution in [2.75, 3.05) is 0 Å². The van der Waals surface area contributed by atoms with Gasteiger partial charge in [0.05, 0.1) is 10.8 Å². The lowest BCUT2D eigenvalue weighted by Gasteiger charge is -2.31. The monoisotopic (exact) mass is 568 g/mol. The highest BCUT2D eigenvalue weighted by atomic mass is 35.5. The second-order valence-corrected chi connectivity index (χ2v) is 17.0. The molecule has 2 aliphatic carbocycles. The lowest BCUT2D eigenvalue weighted by Crippen LogP contribution is -2.31. The fourth-order valence-electron chi connectivity index (χ4n) is 7.36. The second-order valence-electron chi connectivity index (χ2n) is 11.9. The van der Waals surface area contributed by atoms with Crippen molar-refractivity contribution in [3.05, 3.63) is 106 Å². The summed E-state index contributed by atoms with van der Waals surface area (Å²) in [5.41, 5.74) is 8.35. The third-order valence-electron chi connectivity index (χ3n) is 9.09. The number of benzene rings is 4. The predicted octanol–water partition coefficient (Wildman–Crippen LogP) is 12.0. The van der Waals surface area contributed by atoms with Crippen LogP contribution >= 0.6 is 23.2 Å². The maximum atomic E-state index is 7.48. The van der Waals surface area contributed by atoms with Crippen LogP contribution in [0, 0.1) is 0 Å². The predicted molar refractivity (Wildman–Crippen MR) is 175 cm³/mol. The van der Waals surface area contributed by atoms with Gasteiger partial charge in [0.2, 0.25) is 0 Å². The minimum atomic E-state index is -2.23. The standard InChI is InChI=1S/C36H38Cl2Si/c1-5-7-15-29-33(37)31-25-17-11-9-13-23(25)19-21-27(31)35(29)39(3,4)36-28-22-20-24-14-10-12-18-26(24)32(28)34(38)30(36)16-8-6-2/h9-14,17-22,33-34H,5-8,15-16H2,1-4H3. The fraction of sp³-hybridized carbons (Fsp3) is 0.333. The molecule has 39 heavy (non-hydrogen) atoms. The molecule has 0 aliphatic heterocycles. The van der Waals surface area contributed by atoms with E-state index in [0.717, 1.165) is 12.8 Å². The summed E-state index contributed by atoms with van der Waals surface area (Å²) in [6, 6.07) is 26.9. The van der Waals surface area contributed by atoms with Gasteiger partial charge in [-0.25, -0.2) is 0 Å². The molecule has 0 saturated carbocycles. The van der Waals surface area contributed by atoms with E-state index < -0.39 is 8.07 Å². The number of alkyl halides is 2. The van der Waals surface area contributed by atoms with E-state index in [2.05, 4.69) is 99.7 Å². The molecule has 2 aliphatic rings. The quantitative estimate of drug-likeness (QED) is 0.146. The normalized spacial score (nSPS) is 18.9. The van der Waals surface area contributed by atoms with Crippen LogP contribution in [0.25, 0.3) is 31.9 Å². The van der Waals surface area contributed by atoms with Crippen LogP contribution in [0.2, 0.25) is 13.1 Å². The van der Waals surface area contributed by atoms with Crippen LogP contribution in [-0.4, -0.2) is 8.07 Å². The molecule has 0 aromatic heterocycles. The van der Waals surface area contributed by atoms with Gasteiger partial charge < -0.3 is 0 Å². The van der Waals surface area contributed by atoms with Gasteiger partial charge in [0.1, 0.15) is 8.07 Å². The molecule has 0 saturated heterocycles.